The van der Waals surface area contributed by atoms with Crippen LogP contribution in [0, 0.1) is 5.92 Å². The topological polar surface area (TPSA) is 0 Å². The zero-order chi connectivity index (χ0) is 12.5. The van der Waals surface area contributed by atoms with E-state index in [4.69, 9.17) is 0 Å². The second kappa shape index (κ2) is 8.48. The van der Waals surface area contributed by atoms with Crippen molar-refractivity contribution in [3.63, 3.8) is 0 Å². The smallest absolute Gasteiger partial charge is 0.0175 e. The zero-order valence-corrected chi connectivity index (χ0v) is 13.0. The molecule has 1 atom stereocenters. The third-order valence-corrected chi connectivity index (χ3v) is 3.25. The molecule has 0 saturated carbocycles. The molecule has 0 N–H and O–H groups in total. The zero-order valence-electron chi connectivity index (χ0n) is 9.81. The van der Waals surface area contributed by atoms with Crippen LogP contribution >= 0.6 is 31.9 Å². The van der Waals surface area contributed by atoms with Crippen LogP contribution in [-0.2, 0) is 0 Å². The molecule has 1 unspecified atom stereocenters. The van der Waals surface area contributed by atoms with Crippen molar-refractivity contribution in [1.82, 2.24) is 0 Å². The van der Waals surface area contributed by atoms with Crippen molar-refractivity contribution in [3.05, 3.63) is 63.6 Å². The average Bonchev–Trinajstić information content (AvgIpc) is 2.35. The summed E-state index contributed by atoms with van der Waals surface area (Å²) in [6.07, 6.45) is 11.8. The van der Waals surface area contributed by atoms with Gasteiger partial charge < -0.3 is 0 Å². The molecule has 0 radical (unpaired) electrons. The monoisotopic (exact) mass is 354 g/mol. The molecule has 0 heterocycles. The third-order valence-electron chi connectivity index (χ3n) is 2.34. The maximum atomic E-state index is 3.43. The number of hydrogen-bond acceptors (Lipinski definition) is 0. The first-order valence-electron chi connectivity index (χ1n) is 5.58. The van der Waals surface area contributed by atoms with Gasteiger partial charge in [-0.15, -0.1) is 0 Å². The summed E-state index contributed by atoms with van der Waals surface area (Å²) in [5, 5.41) is 0. The Bertz CT molecular complexity index is 399. The summed E-state index contributed by atoms with van der Waals surface area (Å²) in [5.74, 6) is 0.456. The van der Waals surface area contributed by atoms with E-state index in [1.807, 2.05) is 4.99 Å². The van der Waals surface area contributed by atoms with Crippen LogP contribution in [0.3, 0.4) is 0 Å². The lowest BCUT2D eigenvalue weighted by Gasteiger charge is -2.03. The average molecular weight is 356 g/mol. The molecule has 0 nitrogen and oxygen atoms in total. The van der Waals surface area contributed by atoms with Gasteiger partial charge in [-0.1, -0.05) is 74.4 Å². The quantitative estimate of drug-likeness (QED) is 0.572. The Kier molecular flexibility index (Phi) is 7.22. The van der Waals surface area contributed by atoms with Gasteiger partial charge in [0.1, 0.15) is 0 Å². The van der Waals surface area contributed by atoms with Gasteiger partial charge in [0.25, 0.3) is 0 Å². The highest BCUT2D eigenvalue weighted by Gasteiger charge is 1.96. The maximum absolute atomic E-state index is 3.43. The van der Waals surface area contributed by atoms with E-state index in [0.29, 0.717) is 5.92 Å². The molecule has 0 amide bonds. The molecule has 2 heteroatoms. The molecule has 0 aliphatic carbocycles. The molecule has 0 aliphatic rings. The normalized spacial score (nSPS) is 14.1. The van der Waals surface area contributed by atoms with E-state index in [2.05, 4.69) is 93.4 Å². The van der Waals surface area contributed by atoms with Gasteiger partial charge in [0, 0.05) is 4.47 Å². The largest absolute Gasteiger partial charge is 0.0911 e. The first-order valence-corrected chi connectivity index (χ1v) is 7.29. The number of halogens is 2. The Hall–Kier alpha value is -0.600. The number of allylic oxidation sites excluding steroid dienone is 4. The summed E-state index contributed by atoms with van der Waals surface area (Å²) in [6, 6.07) is 8.33. The van der Waals surface area contributed by atoms with Crippen LogP contribution < -0.4 is 0 Å². The number of hydrogen-bond donors (Lipinski definition) is 0. The lowest BCUT2D eigenvalue weighted by molar-refractivity contribution is 0.835. The lowest BCUT2D eigenvalue weighted by atomic mass is 10.0. The van der Waals surface area contributed by atoms with Gasteiger partial charge in [0.15, 0.2) is 0 Å². The summed E-state index contributed by atoms with van der Waals surface area (Å²) < 4.78 is 1.11. The van der Waals surface area contributed by atoms with E-state index in [0.717, 1.165) is 10.9 Å². The SMILES string of the molecule is C/C=C\C(/C=C/c1ccc(Br)cc1)C/C=C/Br. The van der Waals surface area contributed by atoms with Crippen LogP contribution in [0.5, 0.6) is 0 Å². The first-order chi connectivity index (χ1) is 8.26. The maximum Gasteiger partial charge on any atom is 0.0175 e. The molecule has 17 heavy (non-hydrogen) atoms. The molecule has 0 spiro atoms. The van der Waals surface area contributed by atoms with E-state index < -0.39 is 0 Å². The van der Waals surface area contributed by atoms with E-state index in [1.54, 1.807) is 0 Å². The van der Waals surface area contributed by atoms with Gasteiger partial charge in [0.05, 0.1) is 0 Å². The van der Waals surface area contributed by atoms with Crippen molar-refractivity contribution in [2.75, 3.05) is 0 Å². The highest BCUT2D eigenvalue weighted by molar-refractivity contribution is 9.11. The fourth-order valence-corrected chi connectivity index (χ4v) is 1.97. The molecule has 0 saturated heterocycles. The van der Waals surface area contributed by atoms with E-state index in [9.17, 15) is 0 Å². The Morgan fingerprint density at radius 3 is 2.47 bits per heavy atom. The van der Waals surface area contributed by atoms with Crippen molar-refractivity contribution in [3.8, 4) is 0 Å². The third kappa shape index (κ3) is 6.04. The Morgan fingerprint density at radius 1 is 1.18 bits per heavy atom. The number of benzene rings is 1. The minimum Gasteiger partial charge on any atom is -0.0911 e. The second-order valence-corrected chi connectivity index (χ2v) is 5.14. The minimum atomic E-state index is 0.456. The fraction of sp³-hybridized carbons (Fsp3) is 0.200. The Morgan fingerprint density at radius 2 is 1.88 bits per heavy atom. The van der Waals surface area contributed by atoms with Gasteiger partial charge in [0.2, 0.25) is 0 Å². The number of rotatable bonds is 5. The van der Waals surface area contributed by atoms with E-state index >= 15 is 0 Å². The summed E-state index contributed by atoms with van der Waals surface area (Å²) in [5.41, 5.74) is 1.23. The summed E-state index contributed by atoms with van der Waals surface area (Å²) in [4.78, 5) is 1.91. The Balaban J connectivity index is 2.68. The molecule has 0 fully saturated rings. The summed E-state index contributed by atoms with van der Waals surface area (Å²) in [6.45, 7) is 2.05. The molecule has 1 aromatic carbocycles. The van der Waals surface area contributed by atoms with E-state index in [1.165, 1.54) is 5.56 Å². The van der Waals surface area contributed by atoms with Crippen molar-refractivity contribution in [2.24, 2.45) is 5.92 Å². The van der Waals surface area contributed by atoms with E-state index in [-0.39, 0.29) is 0 Å². The van der Waals surface area contributed by atoms with Gasteiger partial charge in [-0.3, -0.25) is 0 Å². The van der Waals surface area contributed by atoms with Gasteiger partial charge in [-0.05, 0) is 41.9 Å². The first kappa shape index (κ1) is 14.5. The molecule has 90 valence electrons. The second-order valence-electron chi connectivity index (χ2n) is 3.70. The molecule has 1 rings (SSSR count). The van der Waals surface area contributed by atoms with Gasteiger partial charge >= 0.3 is 0 Å². The van der Waals surface area contributed by atoms with Crippen LogP contribution in [0.1, 0.15) is 18.9 Å². The standard InChI is InChI=1S/C15H16Br2/c1-2-4-13(5-3-12-16)6-7-14-8-10-15(17)11-9-14/h2-4,6-13H,5H2,1H3/b4-2-,7-6+,12-3+. The minimum absolute atomic E-state index is 0.456. The molecule has 1 aromatic rings. The van der Waals surface area contributed by atoms with Crippen molar-refractivity contribution in [2.45, 2.75) is 13.3 Å². The van der Waals surface area contributed by atoms with Gasteiger partial charge in [-0.25, -0.2) is 0 Å². The van der Waals surface area contributed by atoms with Crippen molar-refractivity contribution >= 4 is 37.9 Å². The molecular weight excluding hydrogens is 340 g/mol. The van der Waals surface area contributed by atoms with Crippen LogP contribution in [0.2, 0.25) is 0 Å². The fourth-order valence-electron chi connectivity index (χ4n) is 1.49. The van der Waals surface area contributed by atoms with Crippen LogP contribution in [-0.4, -0.2) is 0 Å². The Labute approximate surface area is 120 Å². The van der Waals surface area contributed by atoms with Crippen LogP contribution in [0.15, 0.2) is 58.0 Å². The van der Waals surface area contributed by atoms with Crippen LogP contribution in [0.4, 0.5) is 0 Å². The lowest BCUT2D eigenvalue weighted by Crippen LogP contribution is -1.88. The molecular formula is C15H16Br2. The predicted molar refractivity (Wildman–Crippen MR) is 84.2 cm³/mol. The highest BCUT2D eigenvalue weighted by Crippen LogP contribution is 2.15. The summed E-state index contributed by atoms with van der Waals surface area (Å²) in [7, 11) is 0. The highest BCUT2D eigenvalue weighted by atomic mass is 79.9. The summed E-state index contributed by atoms with van der Waals surface area (Å²) >= 11 is 6.73. The predicted octanol–water partition coefficient (Wildman–Crippen LogP) is 5.95. The molecule has 0 aromatic heterocycles. The van der Waals surface area contributed by atoms with Crippen molar-refractivity contribution in [1.29, 1.82) is 0 Å². The van der Waals surface area contributed by atoms with Crippen molar-refractivity contribution < 1.29 is 0 Å². The molecule has 0 aliphatic heterocycles. The van der Waals surface area contributed by atoms with Crippen LogP contribution in [0.25, 0.3) is 6.08 Å². The van der Waals surface area contributed by atoms with Gasteiger partial charge in [-0.2, -0.15) is 0 Å². The molecule has 0 bridgehead atoms.